The van der Waals surface area contributed by atoms with E-state index in [0.717, 1.165) is 0 Å². The molecule has 0 radical (unpaired) electrons. The predicted molar refractivity (Wildman–Crippen MR) is 46.4 cm³/mol. The highest BCUT2D eigenvalue weighted by Crippen LogP contribution is 2.01. The first-order valence-electron chi connectivity index (χ1n) is 3.92. The Labute approximate surface area is 76.0 Å². The zero-order valence-corrected chi connectivity index (χ0v) is 7.05. The summed E-state index contributed by atoms with van der Waals surface area (Å²) in [5.74, 6) is -0.505. The van der Waals surface area contributed by atoms with Gasteiger partial charge in [-0.25, -0.2) is 5.06 Å². The molecular formula is C9H11NO3. The number of amides is 1. The Morgan fingerprint density at radius 3 is 2.46 bits per heavy atom. The van der Waals surface area contributed by atoms with Gasteiger partial charge in [0.1, 0.15) is 0 Å². The third-order valence-electron chi connectivity index (χ3n) is 1.57. The summed E-state index contributed by atoms with van der Waals surface area (Å²) < 4.78 is 0. The van der Waals surface area contributed by atoms with E-state index in [4.69, 9.17) is 10.3 Å². The maximum Gasteiger partial charge on any atom is 0.277 e. The molecule has 0 saturated heterocycles. The number of rotatable bonds is 3. The Morgan fingerprint density at radius 2 is 1.92 bits per heavy atom. The van der Waals surface area contributed by atoms with Crippen LogP contribution in [0.1, 0.15) is 10.4 Å². The minimum atomic E-state index is -0.505. The molecule has 0 aromatic heterocycles. The molecular weight excluding hydrogens is 170 g/mol. The van der Waals surface area contributed by atoms with Crippen LogP contribution >= 0.6 is 0 Å². The van der Waals surface area contributed by atoms with E-state index in [1.165, 1.54) is 0 Å². The Morgan fingerprint density at radius 1 is 1.31 bits per heavy atom. The molecule has 70 valence electrons. The van der Waals surface area contributed by atoms with Crippen LogP contribution in [0.15, 0.2) is 30.3 Å². The minimum Gasteiger partial charge on any atom is -0.394 e. The molecule has 2 N–H and O–H groups in total. The first-order chi connectivity index (χ1) is 6.25. The molecule has 0 aliphatic rings. The van der Waals surface area contributed by atoms with Gasteiger partial charge in [-0.05, 0) is 12.1 Å². The molecule has 0 aliphatic heterocycles. The minimum absolute atomic E-state index is 0.0757. The van der Waals surface area contributed by atoms with Gasteiger partial charge in [-0.15, -0.1) is 0 Å². The number of carbonyl (C=O) groups is 1. The monoisotopic (exact) mass is 181 g/mol. The number of carbonyl (C=O) groups excluding carboxylic acids is 1. The summed E-state index contributed by atoms with van der Waals surface area (Å²) in [4.78, 5) is 11.3. The highest BCUT2D eigenvalue weighted by atomic mass is 16.5. The molecule has 0 atom stereocenters. The molecule has 1 rings (SSSR count). The molecule has 0 bridgehead atoms. The van der Waals surface area contributed by atoms with E-state index in [2.05, 4.69) is 0 Å². The number of hydrogen-bond acceptors (Lipinski definition) is 3. The number of aliphatic hydroxyl groups is 1. The van der Waals surface area contributed by atoms with Gasteiger partial charge in [-0.3, -0.25) is 10.0 Å². The van der Waals surface area contributed by atoms with Crippen LogP contribution in [0.2, 0.25) is 0 Å². The molecule has 4 nitrogen and oxygen atoms in total. The van der Waals surface area contributed by atoms with E-state index in [1.54, 1.807) is 30.3 Å². The molecule has 4 heteroatoms. The number of hydrogen-bond donors (Lipinski definition) is 2. The van der Waals surface area contributed by atoms with E-state index >= 15 is 0 Å². The van der Waals surface area contributed by atoms with Gasteiger partial charge < -0.3 is 5.11 Å². The van der Waals surface area contributed by atoms with Crippen molar-refractivity contribution in [2.45, 2.75) is 0 Å². The van der Waals surface area contributed by atoms with Crippen molar-refractivity contribution in [3.63, 3.8) is 0 Å². The summed E-state index contributed by atoms with van der Waals surface area (Å²) in [5.41, 5.74) is 0.401. The summed E-state index contributed by atoms with van der Waals surface area (Å²) >= 11 is 0. The second-order valence-corrected chi connectivity index (χ2v) is 2.52. The van der Waals surface area contributed by atoms with Crippen LogP contribution in [0.3, 0.4) is 0 Å². The summed E-state index contributed by atoms with van der Waals surface area (Å²) in [6.45, 7) is -0.331. The molecule has 0 saturated carbocycles. The molecule has 0 unspecified atom stereocenters. The van der Waals surface area contributed by atoms with Crippen molar-refractivity contribution in [3.8, 4) is 0 Å². The van der Waals surface area contributed by atoms with Crippen molar-refractivity contribution < 1.29 is 15.1 Å². The van der Waals surface area contributed by atoms with Crippen LogP contribution in [-0.2, 0) is 0 Å². The topological polar surface area (TPSA) is 60.8 Å². The Hall–Kier alpha value is -1.39. The van der Waals surface area contributed by atoms with Gasteiger partial charge in [0.2, 0.25) is 0 Å². The fraction of sp³-hybridized carbons (Fsp3) is 0.222. The maximum atomic E-state index is 11.3. The summed E-state index contributed by atoms with van der Waals surface area (Å²) in [7, 11) is 0. The summed E-state index contributed by atoms with van der Waals surface area (Å²) in [6.07, 6.45) is 0. The lowest BCUT2D eigenvalue weighted by atomic mass is 10.2. The molecule has 0 aliphatic carbocycles. The maximum absolute atomic E-state index is 11.3. The van der Waals surface area contributed by atoms with Crippen molar-refractivity contribution in [1.29, 1.82) is 0 Å². The lowest BCUT2D eigenvalue weighted by Crippen LogP contribution is -2.30. The molecule has 13 heavy (non-hydrogen) atoms. The lowest BCUT2D eigenvalue weighted by Gasteiger charge is -2.12. The van der Waals surface area contributed by atoms with Crippen molar-refractivity contribution in [1.82, 2.24) is 5.06 Å². The van der Waals surface area contributed by atoms with E-state index in [-0.39, 0.29) is 13.2 Å². The second kappa shape index (κ2) is 4.59. The molecule has 0 spiro atoms. The summed E-state index contributed by atoms with van der Waals surface area (Å²) in [6, 6.07) is 8.40. The van der Waals surface area contributed by atoms with Crippen molar-refractivity contribution in [3.05, 3.63) is 35.9 Å². The van der Waals surface area contributed by atoms with E-state index in [0.29, 0.717) is 10.6 Å². The first-order valence-corrected chi connectivity index (χ1v) is 3.92. The second-order valence-electron chi connectivity index (χ2n) is 2.52. The van der Waals surface area contributed by atoms with E-state index < -0.39 is 5.91 Å². The third kappa shape index (κ3) is 2.54. The Balaban J connectivity index is 2.68. The van der Waals surface area contributed by atoms with E-state index in [1.807, 2.05) is 0 Å². The SMILES string of the molecule is O=C(c1ccccc1)N(O)CCO. The quantitative estimate of drug-likeness (QED) is 0.527. The number of aliphatic hydroxyl groups excluding tert-OH is 1. The highest BCUT2D eigenvalue weighted by Gasteiger charge is 2.11. The largest absolute Gasteiger partial charge is 0.394 e. The number of hydroxylamine groups is 2. The smallest absolute Gasteiger partial charge is 0.277 e. The van der Waals surface area contributed by atoms with Gasteiger partial charge in [0.05, 0.1) is 13.2 Å². The van der Waals surface area contributed by atoms with Gasteiger partial charge in [0.15, 0.2) is 0 Å². The fourth-order valence-electron chi connectivity index (χ4n) is 0.926. The zero-order valence-electron chi connectivity index (χ0n) is 7.05. The van der Waals surface area contributed by atoms with Crippen LogP contribution in [0.25, 0.3) is 0 Å². The highest BCUT2D eigenvalue weighted by molar-refractivity contribution is 5.93. The average Bonchev–Trinajstić information content (AvgIpc) is 2.18. The van der Waals surface area contributed by atoms with Crippen molar-refractivity contribution >= 4 is 5.91 Å². The molecule has 1 aromatic rings. The summed E-state index contributed by atoms with van der Waals surface area (Å²) in [5, 5.41) is 18.1. The zero-order chi connectivity index (χ0) is 9.68. The van der Waals surface area contributed by atoms with E-state index in [9.17, 15) is 4.79 Å². The lowest BCUT2D eigenvalue weighted by molar-refractivity contribution is -0.0653. The van der Waals surface area contributed by atoms with Crippen LogP contribution in [0.4, 0.5) is 0 Å². The van der Waals surface area contributed by atoms with Gasteiger partial charge in [0.25, 0.3) is 5.91 Å². The average molecular weight is 181 g/mol. The molecule has 1 amide bonds. The van der Waals surface area contributed by atoms with Gasteiger partial charge >= 0.3 is 0 Å². The van der Waals surface area contributed by atoms with Gasteiger partial charge in [0, 0.05) is 5.56 Å². The first kappa shape index (κ1) is 9.70. The third-order valence-corrected chi connectivity index (χ3v) is 1.57. The molecule has 1 aromatic carbocycles. The van der Waals surface area contributed by atoms with Crippen LogP contribution in [0, 0.1) is 0 Å². The van der Waals surface area contributed by atoms with Crippen LogP contribution in [0.5, 0.6) is 0 Å². The van der Waals surface area contributed by atoms with Crippen LogP contribution in [-0.4, -0.2) is 34.4 Å². The Kier molecular flexibility index (Phi) is 3.42. The predicted octanol–water partition coefficient (Wildman–Crippen LogP) is 0.510. The van der Waals surface area contributed by atoms with Crippen LogP contribution < -0.4 is 0 Å². The van der Waals surface area contributed by atoms with Crippen molar-refractivity contribution in [2.24, 2.45) is 0 Å². The number of benzene rings is 1. The Bertz CT molecular complexity index is 273. The normalized spacial score (nSPS) is 9.69. The molecule has 0 fully saturated rings. The van der Waals surface area contributed by atoms with Crippen molar-refractivity contribution in [2.75, 3.05) is 13.2 Å². The standard InChI is InChI=1S/C9H11NO3/c11-7-6-10(13)9(12)8-4-2-1-3-5-8/h1-5,11,13H,6-7H2. The molecule has 0 heterocycles. The fourth-order valence-corrected chi connectivity index (χ4v) is 0.926. The van der Waals surface area contributed by atoms with Gasteiger partial charge in [-0.2, -0.15) is 0 Å². The van der Waals surface area contributed by atoms with Gasteiger partial charge in [-0.1, -0.05) is 18.2 Å². The number of nitrogens with zero attached hydrogens (tertiary/aromatic N) is 1.